The quantitative estimate of drug-likeness (QED) is 0.421. The van der Waals surface area contributed by atoms with E-state index < -0.39 is 0 Å². The van der Waals surface area contributed by atoms with Crippen molar-refractivity contribution >= 4 is 27.6 Å². The van der Waals surface area contributed by atoms with E-state index in [0.29, 0.717) is 17.0 Å². The number of benzene rings is 3. The van der Waals surface area contributed by atoms with Gasteiger partial charge in [0.2, 0.25) is 0 Å². The van der Waals surface area contributed by atoms with Gasteiger partial charge in [-0.15, -0.1) is 0 Å². The van der Waals surface area contributed by atoms with Gasteiger partial charge in [0, 0.05) is 46.8 Å². The number of halogens is 1. The van der Waals surface area contributed by atoms with Crippen LogP contribution in [0.1, 0.15) is 57.5 Å². The largest absolute Gasteiger partial charge is 0.349 e. The van der Waals surface area contributed by atoms with Gasteiger partial charge in [-0.2, -0.15) is 0 Å². The summed E-state index contributed by atoms with van der Waals surface area (Å²) < 4.78 is 0.971. The molecule has 1 fully saturated rings. The molecule has 1 amide bonds. The average molecular weight is 505 g/mol. The smallest absolute Gasteiger partial charge is 0.251 e. The molecule has 1 saturated heterocycles. The molecule has 0 spiro atoms. The van der Waals surface area contributed by atoms with E-state index in [9.17, 15) is 9.59 Å². The first-order valence-electron chi connectivity index (χ1n) is 11.5. The molecule has 1 aliphatic heterocycles. The maximum Gasteiger partial charge on any atom is 0.251 e. The Morgan fingerprint density at radius 3 is 2.09 bits per heavy atom. The summed E-state index contributed by atoms with van der Waals surface area (Å²) in [6.07, 6.45) is 1.92. The first-order chi connectivity index (χ1) is 16.0. The SMILES string of the molecule is CC(CN1CCC(NC(=O)c2ccc(Br)cc2)CC1)c1ccc(C(=O)c2ccccc2)cc1. The van der Waals surface area contributed by atoms with E-state index in [-0.39, 0.29) is 17.7 Å². The van der Waals surface area contributed by atoms with Crippen LogP contribution in [-0.2, 0) is 0 Å². The number of piperidine rings is 1. The van der Waals surface area contributed by atoms with Crippen LogP contribution in [0.4, 0.5) is 0 Å². The third-order valence-corrected chi connectivity index (χ3v) is 6.87. The Kier molecular flexibility index (Phi) is 7.73. The molecule has 1 aliphatic rings. The van der Waals surface area contributed by atoms with Crippen molar-refractivity contribution in [3.63, 3.8) is 0 Å². The molecule has 1 atom stereocenters. The Labute approximate surface area is 204 Å². The van der Waals surface area contributed by atoms with E-state index in [1.54, 1.807) is 0 Å². The number of carbonyl (C=O) groups is 2. The minimum Gasteiger partial charge on any atom is -0.349 e. The van der Waals surface area contributed by atoms with E-state index in [2.05, 4.69) is 45.2 Å². The van der Waals surface area contributed by atoms with Crippen molar-refractivity contribution in [3.05, 3.63) is 106 Å². The molecule has 1 N–H and O–H groups in total. The first kappa shape index (κ1) is 23.4. The number of nitrogens with one attached hydrogen (secondary N) is 1. The van der Waals surface area contributed by atoms with Crippen molar-refractivity contribution in [2.24, 2.45) is 0 Å². The lowest BCUT2D eigenvalue weighted by molar-refractivity contribution is 0.0909. The van der Waals surface area contributed by atoms with Gasteiger partial charge in [0.25, 0.3) is 5.91 Å². The van der Waals surface area contributed by atoms with E-state index in [1.165, 1.54) is 5.56 Å². The summed E-state index contributed by atoms with van der Waals surface area (Å²) >= 11 is 3.40. The third kappa shape index (κ3) is 6.18. The maximum atomic E-state index is 12.6. The van der Waals surface area contributed by atoms with Gasteiger partial charge in [-0.25, -0.2) is 0 Å². The Hall–Kier alpha value is -2.76. The molecule has 0 radical (unpaired) electrons. The molecule has 4 nitrogen and oxygen atoms in total. The number of likely N-dealkylation sites (tertiary alicyclic amines) is 1. The van der Waals surface area contributed by atoms with Gasteiger partial charge in [-0.05, 0) is 48.6 Å². The number of hydrogen-bond donors (Lipinski definition) is 1. The minimum atomic E-state index is -0.000502. The van der Waals surface area contributed by atoms with Crippen LogP contribution in [-0.4, -0.2) is 42.3 Å². The van der Waals surface area contributed by atoms with Gasteiger partial charge in [-0.1, -0.05) is 77.5 Å². The molecule has 33 heavy (non-hydrogen) atoms. The molecular formula is C28H29BrN2O2. The normalized spacial score (nSPS) is 15.7. The second-order valence-corrected chi connectivity index (χ2v) is 9.69. The van der Waals surface area contributed by atoms with Crippen LogP contribution < -0.4 is 5.32 Å². The summed E-state index contributed by atoms with van der Waals surface area (Å²) in [6, 6.07) is 25.1. The van der Waals surface area contributed by atoms with Crippen LogP contribution in [0.25, 0.3) is 0 Å². The zero-order valence-electron chi connectivity index (χ0n) is 18.8. The fraction of sp³-hybridized carbons (Fsp3) is 0.286. The molecule has 0 saturated carbocycles. The fourth-order valence-corrected chi connectivity index (χ4v) is 4.61. The standard InChI is InChI=1S/C28H29BrN2O2/c1-20(21-7-9-23(10-8-21)27(32)22-5-3-2-4-6-22)19-31-17-15-26(16-18-31)30-28(33)24-11-13-25(29)14-12-24/h2-14,20,26H,15-19H2,1H3,(H,30,33). The lowest BCUT2D eigenvalue weighted by Gasteiger charge is -2.34. The fourth-order valence-electron chi connectivity index (χ4n) is 4.34. The van der Waals surface area contributed by atoms with Crippen molar-refractivity contribution in [1.29, 1.82) is 0 Å². The zero-order chi connectivity index (χ0) is 23.2. The molecule has 170 valence electrons. The third-order valence-electron chi connectivity index (χ3n) is 6.34. The highest BCUT2D eigenvalue weighted by molar-refractivity contribution is 9.10. The van der Waals surface area contributed by atoms with Gasteiger partial charge in [0.05, 0.1) is 0 Å². The maximum absolute atomic E-state index is 12.6. The highest BCUT2D eigenvalue weighted by atomic mass is 79.9. The highest BCUT2D eigenvalue weighted by Gasteiger charge is 2.22. The van der Waals surface area contributed by atoms with Crippen LogP contribution in [0.3, 0.4) is 0 Å². The van der Waals surface area contributed by atoms with E-state index >= 15 is 0 Å². The Bertz CT molecular complexity index is 1070. The number of hydrogen-bond acceptors (Lipinski definition) is 3. The summed E-state index contributed by atoms with van der Waals surface area (Å²) in [5, 5.41) is 3.18. The highest BCUT2D eigenvalue weighted by Crippen LogP contribution is 2.21. The molecule has 0 bridgehead atoms. The lowest BCUT2D eigenvalue weighted by atomic mass is 9.95. The molecule has 3 aromatic rings. The van der Waals surface area contributed by atoms with Crippen LogP contribution in [0.15, 0.2) is 83.3 Å². The molecule has 0 aromatic heterocycles. The molecule has 3 aromatic carbocycles. The topological polar surface area (TPSA) is 49.4 Å². The minimum absolute atomic E-state index is 0.000502. The zero-order valence-corrected chi connectivity index (χ0v) is 20.4. The first-order valence-corrected chi connectivity index (χ1v) is 12.3. The number of nitrogens with zero attached hydrogens (tertiary/aromatic N) is 1. The van der Waals surface area contributed by atoms with Crippen molar-refractivity contribution in [3.8, 4) is 0 Å². The van der Waals surface area contributed by atoms with E-state index in [4.69, 9.17) is 0 Å². The summed E-state index contributed by atoms with van der Waals surface area (Å²) in [5.41, 5.74) is 3.38. The number of ketones is 1. The average Bonchev–Trinajstić information content (AvgIpc) is 2.86. The summed E-state index contributed by atoms with van der Waals surface area (Å²) in [5.74, 6) is 0.432. The van der Waals surface area contributed by atoms with Crippen LogP contribution >= 0.6 is 15.9 Å². The van der Waals surface area contributed by atoms with Gasteiger partial charge in [0.15, 0.2) is 5.78 Å². The van der Waals surface area contributed by atoms with Crippen molar-refractivity contribution < 1.29 is 9.59 Å². The van der Waals surface area contributed by atoms with Gasteiger partial charge >= 0.3 is 0 Å². The predicted octanol–water partition coefficient (Wildman–Crippen LogP) is 5.68. The second-order valence-electron chi connectivity index (χ2n) is 8.77. The molecular weight excluding hydrogens is 476 g/mol. The molecule has 1 heterocycles. The predicted molar refractivity (Wildman–Crippen MR) is 136 cm³/mol. The monoisotopic (exact) mass is 504 g/mol. The summed E-state index contributed by atoms with van der Waals surface area (Å²) in [7, 11) is 0. The van der Waals surface area contributed by atoms with Gasteiger partial charge in [0.1, 0.15) is 0 Å². The van der Waals surface area contributed by atoms with Crippen molar-refractivity contribution in [1.82, 2.24) is 10.2 Å². The number of rotatable bonds is 7. The van der Waals surface area contributed by atoms with E-state index in [0.717, 1.165) is 42.5 Å². The van der Waals surface area contributed by atoms with Crippen molar-refractivity contribution in [2.75, 3.05) is 19.6 Å². The van der Waals surface area contributed by atoms with E-state index in [1.807, 2.05) is 66.7 Å². The lowest BCUT2D eigenvalue weighted by Crippen LogP contribution is -2.45. The number of amides is 1. The molecule has 4 rings (SSSR count). The molecule has 5 heteroatoms. The van der Waals surface area contributed by atoms with Crippen LogP contribution in [0, 0.1) is 0 Å². The number of carbonyl (C=O) groups excluding carboxylic acids is 2. The van der Waals surface area contributed by atoms with Crippen LogP contribution in [0.5, 0.6) is 0 Å². The Morgan fingerprint density at radius 1 is 0.879 bits per heavy atom. The second kappa shape index (κ2) is 10.9. The Morgan fingerprint density at radius 2 is 1.45 bits per heavy atom. The van der Waals surface area contributed by atoms with Gasteiger partial charge in [-0.3, -0.25) is 9.59 Å². The summed E-state index contributed by atoms with van der Waals surface area (Å²) in [4.78, 5) is 27.6. The molecule has 1 unspecified atom stereocenters. The van der Waals surface area contributed by atoms with Gasteiger partial charge < -0.3 is 10.2 Å². The molecule has 0 aliphatic carbocycles. The summed E-state index contributed by atoms with van der Waals surface area (Å²) in [6.45, 7) is 5.15. The Balaban J connectivity index is 1.26. The van der Waals surface area contributed by atoms with Crippen molar-refractivity contribution in [2.45, 2.75) is 31.7 Å². The van der Waals surface area contributed by atoms with Crippen LogP contribution in [0.2, 0.25) is 0 Å².